The second kappa shape index (κ2) is 10.5. The second-order valence-electron chi connectivity index (χ2n) is 8.95. The van der Waals surface area contributed by atoms with Crippen molar-refractivity contribution >= 4 is 28.7 Å². The molecule has 1 aliphatic heterocycles. The van der Waals surface area contributed by atoms with Crippen LogP contribution in [0.5, 0.6) is 0 Å². The van der Waals surface area contributed by atoms with Gasteiger partial charge in [-0.05, 0) is 73.3 Å². The molecule has 4 heteroatoms. The highest BCUT2D eigenvalue weighted by molar-refractivity contribution is 8.00. The van der Waals surface area contributed by atoms with Crippen LogP contribution < -0.4 is 11.1 Å². The Balaban J connectivity index is 1.21. The first kappa shape index (κ1) is 21.5. The third-order valence-electron chi connectivity index (χ3n) is 6.50. The van der Waals surface area contributed by atoms with E-state index in [9.17, 15) is 0 Å². The zero-order valence-corrected chi connectivity index (χ0v) is 18.9. The predicted octanol–water partition coefficient (Wildman–Crippen LogP) is 5.65. The molecular weight excluding hydrogens is 386 g/mol. The quantitative estimate of drug-likeness (QED) is 0.542. The summed E-state index contributed by atoms with van der Waals surface area (Å²) in [5.74, 6) is 3.41. The molecule has 0 radical (unpaired) electrons. The number of aliphatic imine (C=N–C) groups is 1. The van der Waals surface area contributed by atoms with Crippen LogP contribution in [0.25, 0.3) is 5.57 Å². The Morgan fingerprint density at radius 1 is 1.23 bits per heavy atom. The van der Waals surface area contributed by atoms with Crippen LogP contribution in [0.4, 0.5) is 5.69 Å². The summed E-state index contributed by atoms with van der Waals surface area (Å²) >= 11 is 1.92. The van der Waals surface area contributed by atoms with Gasteiger partial charge in [0.05, 0.1) is 5.69 Å². The largest absolute Gasteiger partial charge is 0.388 e. The van der Waals surface area contributed by atoms with Crippen LogP contribution in [0.3, 0.4) is 0 Å². The van der Waals surface area contributed by atoms with Gasteiger partial charge in [0, 0.05) is 35.9 Å². The van der Waals surface area contributed by atoms with Crippen LogP contribution >= 0.6 is 11.8 Å². The number of hydrogen-bond acceptors (Lipinski definition) is 4. The van der Waals surface area contributed by atoms with Crippen molar-refractivity contribution in [3.63, 3.8) is 0 Å². The van der Waals surface area contributed by atoms with Gasteiger partial charge in [-0.3, -0.25) is 4.99 Å². The monoisotopic (exact) mass is 421 g/mol. The molecule has 1 aromatic rings. The molecule has 0 spiro atoms. The topological polar surface area (TPSA) is 50.4 Å². The second-order valence-corrected chi connectivity index (χ2v) is 9.93. The smallest absolute Gasteiger partial charge is 0.0671 e. The summed E-state index contributed by atoms with van der Waals surface area (Å²) in [6.45, 7) is 6.13. The van der Waals surface area contributed by atoms with E-state index in [-0.39, 0.29) is 0 Å². The first-order chi connectivity index (χ1) is 14.7. The number of thioether (sulfide) groups is 1. The van der Waals surface area contributed by atoms with Crippen LogP contribution in [0.1, 0.15) is 49.7 Å². The maximum Gasteiger partial charge on any atom is 0.0671 e. The van der Waals surface area contributed by atoms with Gasteiger partial charge in [0.15, 0.2) is 0 Å². The first-order valence-electron chi connectivity index (χ1n) is 11.5. The summed E-state index contributed by atoms with van der Waals surface area (Å²) in [4.78, 5) is 4.92. The maximum atomic E-state index is 5.87. The van der Waals surface area contributed by atoms with E-state index < -0.39 is 0 Å². The van der Waals surface area contributed by atoms with Crippen LogP contribution in [0.2, 0.25) is 0 Å². The summed E-state index contributed by atoms with van der Waals surface area (Å²) < 4.78 is 0. The van der Waals surface area contributed by atoms with Crippen molar-refractivity contribution in [2.45, 2.75) is 44.9 Å². The molecule has 4 rings (SSSR count). The minimum atomic E-state index is 0.723. The van der Waals surface area contributed by atoms with Gasteiger partial charge < -0.3 is 11.1 Å². The van der Waals surface area contributed by atoms with Crippen molar-refractivity contribution in [3.8, 4) is 0 Å². The number of hydrogen-bond donors (Lipinski definition) is 2. The van der Waals surface area contributed by atoms with E-state index in [1.165, 1.54) is 48.1 Å². The Morgan fingerprint density at radius 3 is 2.97 bits per heavy atom. The number of rotatable bonds is 9. The average molecular weight is 422 g/mol. The lowest BCUT2D eigenvalue weighted by Gasteiger charge is -2.28. The maximum absolute atomic E-state index is 5.87. The molecule has 0 aromatic heterocycles. The number of fused-ring (bicyclic) bond motifs is 1. The van der Waals surface area contributed by atoms with Gasteiger partial charge in [-0.2, -0.15) is 0 Å². The fourth-order valence-electron chi connectivity index (χ4n) is 4.77. The van der Waals surface area contributed by atoms with Crippen LogP contribution in [0, 0.1) is 11.8 Å². The Hall–Kier alpha value is -1.78. The van der Waals surface area contributed by atoms with Crippen LogP contribution in [0.15, 0.2) is 53.7 Å². The normalized spacial score (nSPS) is 23.0. The number of nitrogens with zero attached hydrogens (tertiary/aromatic N) is 1. The van der Waals surface area contributed by atoms with E-state index in [2.05, 4.69) is 48.3 Å². The molecule has 160 valence electrons. The molecule has 0 bridgehead atoms. The lowest BCUT2D eigenvalue weighted by Crippen LogP contribution is -2.29. The molecule has 1 fully saturated rings. The molecule has 0 amide bonds. The summed E-state index contributed by atoms with van der Waals surface area (Å²) in [6.07, 6.45) is 15.3. The average Bonchev–Trinajstić information content (AvgIpc) is 3.20. The number of allylic oxidation sites excluding steroid dienone is 4. The van der Waals surface area contributed by atoms with E-state index in [1.807, 2.05) is 11.8 Å². The van der Waals surface area contributed by atoms with Crippen molar-refractivity contribution in [2.75, 3.05) is 24.6 Å². The molecule has 1 saturated carbocycles. The molecule has 3 N–H and O–H groups in total. The molecule has 0 saturated heterocycles. The highest BCUT2D eigenvalue weighted by atomic mass is 32.2. The zero-order valence-electron chi connectivity index (χ0n) is 18.0. The minimum Gasteiger partial charge on any atom is -0.388 e. The third kappa shape index (κ3) is 5.67. The predicted molar refractivity (Wildman–Crippen MR) is 133 cm³/mol. The molecule has 2 unspecified atom stereocenters. The van der Waals surface area contributed by atoms with Gasteiger partial charge in [0.25, 0.3) is 0 Å². The van der Waals surface area contributed by atoms with E-state index in [1.54, 1.807) is 0 Å². The van der Waals surface area contributed by atoms with Crippen LogP contribution in [-0.2, 0) is 6.42 Å². The molecular formula is C26H35N3S. The lowest BCUT2D eigenvalue weighted by molar-refractivity contribution is 0.269. The van der Waals surface area contributed by atoms with E-state index in [4.69, 9.17) is 10.7 Å². The minimum absolute atomic E-state index is 0.723. The molecule has 3 nitrogen and oxygen atoms in total. The Kier molecular flexibility index (Phi) is 7.51. The van der Waals surface area contributed by atoms with Gasteiger partial charge >= 0.3 is 0 Å². The Morgan fingerprint density at radius 2 is 2.13 bits per heavy atom. The zero-order chi connectivity index (χ0) is 20.8. The van der Waals surface area contributed by atoms with Gasteiger partial charge in [-0.15, -0.1) is 11.8 Å². The molecule has 30 heavy (non-hydrogen) atoms. The lowest BCUT2D eigenvalue weighted by atomic mass is 9.81. The van der Waals surface area contributed by atoms with Gasteiger partial charge in [0.1, 0.15) is 0 Å². The standard InChI is InChI=1S/C26H35N3S/c1-19(28-16-21-7-5-6-20(12-21)15-27)17-30-18-25-13-24-11-10-23(14-26(24)29-25)22-8-3-2-4-9-22/h3,8-11,14,20-21,28H,1-2,4-7,12-13,15-18,27H2. The van der Waals surface area contributed by atoms with Gasteiger partial charge in [0.2, 0.25) is 0 Å². The number of nitrogens with two attached hydrogens (primary N) is 1. The van der Waals surface area contributed by atoms with E-state index in [0.717, 1.165) is 67.1 Å². The highest BCUT2D eigenvalue weighted by Gasteiger charge is 2.21. The van der Waals surface area contributed by atoms with Crippen molar-refractivity contribution in [1.29, 1.82) is 0 Å². The Bertz CT molecular complexity index is 852. The molecule has 3 aliphatic rings. The summed E-state index contributed by atoms with van der Waals surface area (Å²) in [6, 6.07) is 6.76. The SMILES string of the molecule is C=C(CSCC1=Nc2cc(C3=CCCC=C3)ccc2C1)NCC1CCCC(CN)C1. The number of nitrogens with one attached hydrogen (secondary N) is 1. The van der Waals surface area contributed by atoms with Gasteiger partial charge in [-0.1, -0.05) is 43.4 Å². The van der Waals surface area contributed by atoms with Crippen molar-refractivity contribution in [3.05, 3.63) is 59.8 Å². The van der Waals surface area contributed by atoms with E-state index in [0.29, 0.717) is 0 Å². The fraction of sp³-hybridized carbons (Fsp3) is 0.500. The van der Waals surface area contributed by atoms with Crippen molar-refractivity contribution in [2.24, 2.45) is 22.6 Å². The Labute approximate surface area is 186 Å². The van der Waals surface area contributed by atoms with Crippen LogP contribution in [-0.4, -0.2) is 30.3 Å². The van der Waals surface area contributed by atoms with Crippen molar-refractivity contribution < 1.29 is 0 Å². The fourth-order valence-corrected chi connectivity index (χ4v) is 5.62. The summed E-state index contributed by atoms with van der Waals surface area (Å²) in [5, 5.41) is 3.57. The molecule has 1 heterocycles. The molecule has 1 aromatic carbocycles. The highest BCUT2D eigenvalue weighted by Crippen LogP contribution is 2.32. The third-order valence-corrected chi connectivity index (χ3v) is 7.59. The van der Waals surface area contributed by atoms with Crippen molar-refractivity contribution in [1.82, 2.24) is 5.32 Å². The van der Waals surface area contributed by atoms with E-state index >= 15 is 0 Å². The van der Waals surface area contributed by atoms with Gasteiger partial charge in [-0.25, -0.2) is 0 Å². The molecule has 2 aliphatic carbocycles. The number of benzene rings is 1. The summed E-state index contributed by atoms with van der Waals surface area (Å²) in [5.41, 5.74) is 13.4. The summed E-state index contributed by atoms with van der Waals surface area (Å²) in [7, 11) is 0. The first-order valence-corrected chi connectivity index (χ1v) is 12.6. The molecule has 2 atom stereocenters.